The SMILES string of the molecule is N#CC1(NC(=O)CN2CCC[C@@H](c3nc(-c4ccccc4)n[nH]3)C2)CCCCC1. The minimum Gasteiger partial charge on any atom is -0.337 e. The minimum atomic E-state index is -0.667. The third kappa shape index (κ3) is 4.65. The maximum atomic E-state index is 12.6. The summed E-state index contributed by atoms with van der Waals surface area (Å²) in [5, 5.41) is 20.1. The number of carbonyl (C=O) groups is 1. The van der Waals surface area contributed by atoms with Gasteiger partial charge in [0.05, 0.1) is 12.6 Å². The van der Waals surface area contributed by atoms with Gasteiger partial charge in [-0.2, -0.15) is 10.4 Å². The third-order valence-corrected chi connectivity index (χ3v) is 6.09. The zero-order chi connectivity index (χ0) is 20.1. The van der Waals surface area contributed by atoms with E-state index in [0.29, 0.717) is 12.4 Å². The van der Waals surface area contributed by atoms with Gasteiger partial charge in [-0.1, -0.05) is 49.6 Å². The number of aromatic nitrogens is 3. The first-order valence-electron chi connectivity index (χ1n) is 10.6. The fourth-order valence-electron chi connectivity index (χ4n) is 4.53. The second-order valence-electron chi connectivity index (χ2n) is 8.29. The Labute approximate surface area is 171 Å². The van der Waals surface area contributed by atoms with Crippen LogP contribution in [0, 0.1) is 11.3 Å². The van der Waals surface area contributed by atoms with Crippen molar-refractivity contribution in [2.24, 2.45) is 0 Å². The maximum Gasteiger partial charge on any atom is 0.235 e. The van der Waals surface area contributed by atoms with Crippen molar-refractivity contribution in [1.82, 2.24) is 25.4 Å². The van der Waals surface area contributed by atoms with Crippen LogP contribution in [-0.2, 0) is 4.79 Å². The molecule has 29 heavy (non-hydrogen) atoms. The van der Waals surface area contributed by atoms with E-state index in [0.717, 1.165) is 69.4 Å². The van der Waals surface area contributed by atoms with E-state index in [1.165, 1.54) is 0 Å². The van der Waals surface area contributed by atoms with E-state index in [1.807, 2.05) is 30.3 Å². The van der Waals surface area contributed by atoms with Gasteiger partial charge in [-0.3, -0.25) is 14.8 Å². The van der Waals surface area contributed by atoms with Crippen LogP contribution in [0.2, 0.25) is 0 Å². The number of rotatable bonds is 5. The Morgan fingerprint density at radius 3 is 2.79 bits per heavy atom. The number of nitrogens with zero attached hydrogens (tertiary/aromatic N) is 4. The first-order chi connectivity index (χ1) is 14.2. The summed E-state index contributed by atoms with van der Waals surface area (Å²) in [6, 6.07) is 12.3. The van der Waals surface area contributed by atoms with Crippen LogP contribution in [-0.4, -0.2) is 51.2 Å². The molecule has 0 radical (unpaired) electrons. The molecule has 7 heteroatoms. The molecule has 1 amide bonds. The molecule has 1 saturated carbocycles. The second kappa shape index (κ2) is 8.75. The van der Waals surface area contributed by atoms with E-state index in [2.05, 4.69) is 26.5 Å². The van der Waals surface area contributed by atoms with Gasteiger partial charge in [0.1, 0.15) is 11.4 Å². The van der Waals surface area contributed by atoms with Crippen molar-refractivity contribution in [1.29, 1.82) is 5.26 Å². The molecule has 1 atom stereocenters. The number of hydrogen-bond acceptors (Lipinski definition) is 5. The average Bonchev–Trinajstić information content (AvgIpc) is 3.25. The van der Waals surface area contributed by atoms with Crippen molar-refractivity contribution in [2.45, 2.75) is 56.4 Å². The highest BCUT2D eigenvalue weighted by molar-refractivity contribution is 5.79. The lowest BCUT2D eigenvalue weighted by Gasteiger charge is -2.34. The standard InChI is InChI=1S/C22H28N6O/c23-16-22(11-5-2-6-12-22)25-19(29)15-28-13-7-10-18(14-28)21-24-20(26-27-21)17-8-3-1-4-9-17/h1,3-4,8-9,18H,2,5-7,10-15H2,(H,25,29)(H,24,26,27)/t18-/m1/s1. The van der Waals surface area contributed by atoms with Crippen molar-refractivity contribution in [3.63, 3.8) is 0 Å². The van der Waals surface area contributed by atoms with Crippen LogP contribution >= 0.6 is 0 Å². The summed E-state index contributed by atoms with van der Waals surface area (Å²) < 4.78 is 0. The molecule has 152 valence electrons. The Bertz CT molecular complexity index is 865. The predicted octanol–water partition coefficient (Wildman–Crippen LogP) is 2.99. The molecule has 0 spiro atoms. The van der Waals surface area contributed by atoms with Crippen LogP contribution in [0.25, 0.3) is 11.4 Å². The summed E-state index contributed by atoms with van der Waals surface area (Å²) >= 11 is 0. The molecule has 0 unspecified atom stereocenters. The highest BCUT2D eigenvalue weighted by atomic mass is 16.2. The van der Waals surface area contributed by atoms with Gasteiger partial charge in [0.15, 0.2) is 5.82 Å². The van der Waals surface area contributed by atoms with Crippen molar-refractivity contribution >= 4 is 5.91 Å². The molecule has 2 aliphatic rings. The van der Waals surface area contributed by atoms with Gasteiger partial charge >= 0.3 is 0 Å². The van der Waals surface area contributed by atoms with E-state index in [-0.39, 0.29) is 11.8 Å². The summed E-state index contributed by atoms with van der Waals surface area (Å²) in [4.78, 5) is 19.5. The van der Waals surface area contributed by atoms with Gasteiger partial charge in [0.2, 0.25) is 5.91 Å². The monoisotopic (exact) mass is 392 g/mol. The molecule has 1 aromatic carbocycles. The molecular formula is C22H28N6O. The Morgan fingerprint density at radius 1 is 1.24 bits per heavy atom. The normalized spacial score (nSPS) is 22.0. The predicted molar refractivity (Wildman–Crippen MR) is 110 cm³/mol. The molecule has 2 heterocycles. The topological polar surface area (TPSA) is 97.7 Å². The van der Waals surface area contributed by atoms with E-state index in [1.54, 1.807) is 0 Å². The van der Waals surface area contributed by atoms with Crippen LogP contribution in [0.1, 0.15) is 56.7 Å². The lowest BCUT2D eigenvalue weighted by atomic mass is 9.83. The van der Waals surface area contributed by atoms with Crippen molar-refractivity contribution in [3.05, 3.63) is 36.2 Å². The van der Waals surface area contributed by atoms with Crippen LogP contribution in [0.4, 0.5) is 0 Å². The van der Waals surface area contributed by atoms with Crippen LogP contribution in [0.5, 0.6) is 0 Å². The highest BCUT2D eigenvalue weighted by Crippen LogP contribution is 2.28. The van der Waals surface area contributed by atoms with Crippen LogP contribution in [0.15, 0.2) is 30.3 Å². The fraction of sp³-hybridized carbons (Fsp3) is 0.545. The number of likely N-dealkylation sites (tertiary alicyclic amines) is 1. The molecule has 2 fully saturated rings. The Morgan fingerprint density at radius 2 is 2.03 bits per heavy atom. The number of hydrogen-bond donors (Lipinski definition) is 2. The van der Waals surface area contributed by atoms with E-state index in [4.69, 9.17) is 4.98 Å². The number of H-pyrrole nitrogens is 1. The van der Waals surface area contributed by atoms with Crippen molar-refractivity contribution < 1.29 is 4.79 Å². The Kier molecular flexibility index (Phi) is 5.91. The highest BCUT2D eigenvalue weighted by Gasteiger charge is 2.34. The Hall–Kier alpha value is -2.72. The van der Waals surface area contributed by atoms with E-state index >= 15 is 0 Å². The number of amides is 1. The van der Waals surface area contributed by atoms with Gasteiger partial charge in [0.25, 0.3) is 0 Å². The minimum absolute atomic E-state index is 0.0448. The quantitative estimate of drug-likeness (QED) is 0.815. The van der Waals surface area contributed by atoms with E-state index in [9.17, 15) is 10.1 Å². The lowest BCUT2D eigenvalue weighted by Crippen LogP contribution is -2.52. The first-order valence-corrected chi connectivity index (χ1v) is 10.6. The molecule has 1 aromatic heterocycles. The summed E-state index contributed by atoms with van der Waals surface area (Å²) in [6.45, 7) is 2.00. The number of aromatic amines is 1. The number of nitrogens with one attached hydrogen (secondary N) is 2. The van der Waals surface area contributed by atoms with Crippen LogP contribution < -0.4 is 5.32 Å². The van der Waals surface area contributed by atoms with Crippen LogP contribution in [0.3, 0.4) is 0 Å². The summed E-state index contributed by atoms with van der Waals surface area (Å²) in [6.07, 6.45) is 6.74. The van der Waals surface area contributed by atoms with Gasteiger partial charge in [0, 0.05) is 18.0 Å². The second-order valence-corrected chi connectivity index (χ2v) is 8.29. The lowest BCUT2D eigenvalue weighted by molar-refractivity contribution is -0.124. The molecule has 2 aromatic rings. The van der Waals surface area contributed by atoms with Gasteiger partial charge < -0.3 is 5.32 Å². The molecule has 7 nitrogen and oxygen atoms in total. The fourth-order valence-corrected chi connectivity index (χ4v) is 4.53. The largest absolute Gasteiger partial charge is 0.337 e. The molecule has 1 aliphatic heterocycles. The summed E-state index contributed by atoms with van der Waals surface area (Å²) in [7, 11) is 0. The molecule has 1 aliphatic carbocycles. The third-order valence-electron chi connectivity index (χ3n) is 6.09. The zero-order valence-corrected chi connectivity index (χ0v) is 16.7. The number of carbonyl (C=O) groups excluding carboxylic acids is 1. The summed E-state index contributed by atoms with van der Waals surface area (Å²) in [5.74, 6) is 1.79. The molecule has 2 N–H and O–H groups in total. The molecule has 1 saturated heterocycles. The molecule has 4 rings (SSSR count). The summed E-state index contributed by atoms with van der Waals surface area (Å²) in [5.41, 5.74) is 0.330. The number of piperidine rings is 1. The van der Waals surface area contributed by atoms with Crippen molar-refractivity contribution in [3.8, 4) is 17.5 Å². The maximum absolute atomic E-state index is 12.6. The first kappa shape index (κ1) is 19.6. The molecular weight excluding hydrogens is 364 g/mol. The molecule has 0 bridgehead atoms. The number of benzene rings is 1. The van der Waals surface area contributed by atoms with Gasteiger partial charge in [-0.25, -0.2) is 4.98 Å². The van der Waals surface area contributed by atoms with Gasteiger partial charge in [-0.05, 0) is 32.2 Å². The van der Waals surface area contributed by atoms with Gasteiger partial charge in [-0.15, -0.1) is 0 Å². The smallest absolute Gasteiger partial charge is 0.235 e. The Balaban J connectivity index is 1.36. The van der Waals surface area contributed by atoms with Crippen molar-refractivity contribution in [2.75, 3.05) is 19.6 Å². The number of nitriles is 1. The average molecular weight is 393 g/mol. The zero-order valence-electron chi connectivity index (χ0n) is 16.7. The van der Waals surface area contributed by atoms with E-state index < -0.39 is 5.54 Å².